The van der Waals surface area contributed by atoms with Gasteiger partial charge in [0.2, 0.25) is 0 Å². The summed E-state index contributed by atoms with van der Waals surface area (Å²) in [6, 6.07) is 10.4. The number of likely N-dealkylation sites (tertiary alicyclic amines) is 1. The number of nitrogens with zero attached hydrogens (tertiary/aromatic N) is 4. The van der Waals surface area contributed by atoms with Crippen LogP contribution in [-0.2, 0) is 33.4 Å². The Morgan fingerprint density at radius 1 is 1.15 bits per heavy atom. The van der Waals surface area contributed by atoms with Gasteiger partial charge in [0.1, 0.15) is 18.1 Å². The number of hydrogen-bond donors (Lipinski definition) is 0. The zero-order valence-corrected chi connectivity index (χ0v) is 21.8. The molecule has 0 aliphatic carbocycles. The van der Waals surface area contributed by atoms with E-state index < -0.39 is 41.5 Å². The second-order valence-corrected chi connectivity index (χ2v) is 9.43. The molecule has 39 heavy (non-hydrogen) atoms. The molecule has 0 spiro atoms. The Hall–Kier alpha value is -3.51. The van der Waals surface area contributed by atoms with Gasteiger partial charge in [-0.15, -0.1) is 0 Å². The van der Waals surface area contributed by atoms with Crippen molar-refractivity contribution in [3.8, 4) is 5.69 Å². The van der Waals surface area contributed by atoms with E-state index in [9.17, 15) is 22.4 Å². The lowest BCUT2D eigenvalue weighted by Gasteiger charge is -2.23. The van der Waals surface area contributed by atoms with E-state index in [1.165, 1.54) is 12.0 Å². The number of amides is 1. The first-order chi connectivity index (χ1) is 18.6. The van der Waals surface area contributed by atoms with Gasteiger partial charge >= 0.3 is 12.3 Å². The van der Waals surface area contributed by atoms with Gasteiger partial charge in [0.15, 0.2) is 11.6 Å². The van der Waals surface area contributed by atoms with E-state index in [4.69, 9.17) is 14.2 Å². The second kappa shape index (κ2) is 12.1. The van der Waals surface area contributed by atoms with Crippen LogP contribution in [0.15, 0.2) is 48.5 Å². The highest BCUT2D eigenvalue weighted by atomic mass is 19.4. The monoisotopic (exact) mass is 550 g/mol. The molecule has 1 aliphatic rings. The number of alkyl halides is 3. The predicted molar refractivity (Wildman–Crippen MR) is 133 cm³/mol. The Bertz CT molecular complexity index is 1270. The minimum absolute atomic E-state index is 0.0211. The van der Waals surface area contributed by atoms with E-state index in [-0.39, 0.29) is 50.4 Å². The molecule has 2 heterocycles. The molecule has 8 nitrogen and oxygen atoms in total. The Kier molecular flexibility index (Phi) is 8.86. The van der Waals surface area contributed by atoms with Gasteiger partial charge in [0.25, 0.3) is 0 Å². The largest absolute Gasteiger partial charge is 0.445 e. The third-order valence-electron chi connectivity index (χ3n) is 6.29. The van der Waals surface area contributed by atoms with E-state index in [1.54, 1.807) is 0 Å². The summed E-state index contributed by atoms with van der Waals surface area (Å²) in [6.45, 7) is 4.14. The standard InChI is InChI=1S/C27H30F4N4O4/c1-17(2)38-12-11-24-32-25(35(33-24)22-13-19(27(29,30)31)9-10-21(22)28)23-14-20(37-3)15-34(23)26(36)39-16-18-7-5-4-6-8-18/h4-10,13,17,20,23H,11-12,14-16H2,1-3H3/t20-,23-/m1/s1. The van der Waals surface area contributed by atoms with Gasteiger partial charge in [-0.25, -0.2) is 18.9 Å². The molecule has 0 N–H and O–H groups in total. The summed E-state index contributed by atoms with van der Waals surface area (Å²) in [6.07, 6.45) is -5.32. The zero-order valence-electron chi connectivity index (χ0n) is 21.8. The van der Waals surface area contributed by atoms with Crippen LogP contribution in [0.3, 0.4) is 0 Å². The van der Waals surface area contributed by atoms with Crippen LogP contribution in [0.1, 0.15) is 49.1 Å². The molecule has 0 radical (unpaired) electrons. The summed E-state index contributed by atoms with van der Waals surface area (Å²) in [7, 11) is 1.49. The van der Waals surface area contributed by atoms with Crippen molar-refractivity contribution in [2.24, 2.45) is 0 Å². The van der Waals surface area contributed by atoms with Crippen LogP contribution >= 0.6 is 0 Å². The van der Waals surface area contributed by atoms with Crippen LogP contribution in [0.4, 0.5) is 22.4 Å². The molecule has 1 amide bonds. The number of carbonyl (C=O) groups excluding carboxylic acids is 1. The number of carbonyl (C=O) groups is 1. The minimum Gasteiger partial charge on any atom is -0.445 e. The minimum atomic E-state index is -4.70. The Morgan fingerprint density at radius 2 is 1.90 bits per heavy atom. The lowest BCUT2D eigenvalue weighted by atomic mass is 10.1. The fourth-order valence-electron chi connectivity index (χ4n) is 4.32. The molecule has 210 valence electrons. The highest BCUT2D eigenvalue weighted by Gasteiger charge is 2.41. The molecule has 1 saturated heterocycles. The first kappa shape index (κ1) is 28.5. The Morgan fingerprint density at radius 3 is 2.56 bits per heavy atom. The first-order valence-corrected chi connectivity index (χ1v) is 12.5. The molecule has 0 unspecified atom stereocenters. The molecular formula is C27H30F4N4O4. The molecule has 1 aliphatic heterocycles. The van der Waals surface area contributed by atoms with Crippen molar-refractivity contribution < 1.29 is 36.6 Å². The fraction of sp³-hybridized carbons (Fsp3) is 0.444. The molecular weight excluding hydrogens is 520 g/mol. The average molecular weight is 551 g/mol. The van der Waals surface area contributed by atoms with E-state index in [1.807, 2.05) is 44.2 Å². The summed E-state index contributed by atoms with van der Waals surface area (Å²) < 4.78 is 73.0. The summed E-state index contributed by atoms with van der Waals surface area (Å²) in [5.41, 5.74) is -0.682. The van der Waals surface area contributed by atoms with Gasteiger partial charge in [-0.05, 0) is 37.6 Å². The molecule has 0 saturated carbocycles. The van der Waals surface area contributed by atoms with Crippen molar-refractivity contribution in [2.45, 2.75) is 57.7 Å². The molecule has 0 bridgehead atoms. The van der Waals surface area contributed by atoms with E-state index in [2.05, 4.69) is 10.1 Å². The molecule has 1 aromatic heterocycles. The van der Waals surface area contributed by atoms with Gasteiger partial charge in [-0.1, -0.05) is 30.3 Å². The lowest BCUT2D eigenvalue weighted by Crippen LogP contribution is -2.33. The number of ether oxygens (including phenoxy) is 3. The summed E-state index contributed by atoms with van der Waals surface area (Å²) in [5, 5.41) is 4.34. The molecule has 1 fully saturated rings. The summed E-state index contributed by atoms with van der Waals surface area (Å²) >= 11 is 0. The number of methoxy groups -OCH3 is 1. The van der Waals surface area contributed by atoms with E-state index >= 15 is 0 Å². The van der Waals surface area contributed by atoms with Gasteiger partial charge in [-0.2, -0.15) is 18.3 Å². The zero-order chi connectivity index (χ0) is 28.2. The number of halogens is 4. The van der Waals surface area contributed by atoms with E-state index in [0.29, 0.717) is 12.1 Å². The van der Waals surface area contributed by atoms with Crippen LogP contribution in [0, 0.1) is 5.82 Å². The first-order valence-electron chi connectivity index (χ1n) is 12.5. The smallest absolute Gasteiger partial charge is 0.416 e. The maximum absolute atomic E-state index is 15.0. The molecule has 2 atom stereocenters. The number of hydrogen-bond acceptors (Lipinski definition) is 6. The predicted octanol–water partition coefficient (Wildman–Crippen LogP) is 5.49. The van der Waals surface area contributed by atoms with Crippen LogP contribution in [0.25, 0.3) is 5.69 Å². The van der Waals surface area contributed by atoms with Crippen LogP contribution in [-0.4, -0.2) is 58.2 Å². The highest BCUT2D eigenvalue weighted by molar-refractivity contribution is 5.69. The van der Waals surface area contributed by atoms with Gasteiger partial charge in [0, 0.05) is 20.0 Å². The lowest BCUT2D eigenvalue weighted by molar-refractivity contribution is -0.137. The van der Waals surface area contributed by atoms with E-state index in [0.717, 1.165) is 16.3 Å². The maximum atomic E-state index is 15.0. The van der Waals surface area contributed by atoms with Crippen LogP contribution in [0.5, 0.6) is 0 Å². The molecule has 2 aromatic carbocycles. The maximum Gasteiger partial charge on any atom is 0.416 e. The van der Waals surface area contributed by atoms with Crippen molar-refractivity contribution in [1.82, 2.24) is 19.7 Å². The van der Waals surface area contributed by atoms with Crippen LogP contribution < -0.4 is 0 Å². The van der Waals surface area contributed by atoms with Crippen molar-refractivity contribution >= 4 is 6.09 Å². The van der Waals surface area contributed by atoms with Gasteiger partial charge in [0.05, 0.1) is 37.0 Å². The topological polar surface area (TPSA) is 78.7 Å². The average Bonchev–Trinajstić information content (AvgIpc) is 3.51. The second-order valence-electron chi connectivity index (χ2n) is 9.43. The van der Waals surface area contributed by atoms with Crippen molar-refractivity contribution in [1.29, 1.82) is 0 Å². The third-order valence-corrected chi connectivity index (χ3v) is 6.29. The van der Waals surface area contributed by atoms with Gasteiger partial charge < -0.3 is 14.2 Å². The normalized spacial score (nSPS) is 17.7. The molecule has 3 aromatic rings. The summed E-state index contributed by atoms with van der Waals surface area (Å²) in [5.74, 6) is -0.580. The SMILES string of the molecule is CO[C@@H]1C[C@H](c2nc(CCOC(C)C)nn2-c2cc(C(F)(F)F)ccc2F)N(C(=O)OCc2ccccc2)C1. The third kappa shape index (κ3) is 6.93. The molecule has 4 rings (SSSR count). The molecule has 12 heteroatoms. The Labute approximate surface area is 223 Å². The number of benzene rings is 2. The van der Waals surface area contributed by atoms with Gasteiger partial charge in [-0.3, -0.25) is 4.90 Å². The Balaban J connectivity index is 1.70. The van der Waals surface area contributed by atoms with Crippen molar-refractivity contribution in [3.05, 3.63) is 77.1 Å². The quantitative estimate of drug-likeness (QED) is 0.328. The van der Waals surface area contributed by atoms with Crippen molar-refractivity contribution in [3.63, 3.8) is 0 Å². The number of aromatic nitrogens is 3. The van der Waals surface area contributed by atoms with Crippen LogP contribution in [0.2, 0.25) is 0 Å². The fourth-order valence-corrected chi connectivity index (χ4v) is 4.32. The van der Waals surface area contributed by atoms with Crippen molar-refractivity contribution in [2.75, 3.05) is 20.3 Å². The highest BCUT2D eigenvalue weighted by Crippen LogP contribution is 2.36. The number of rotatable bonds is 9. The summed E-state index contributed by atoms with van der Waals surface area (Å²) in [4.78, 5) is 19.1.